The lowest BCUT2D eigenvalue weighted by Crippen LogP contribution is -2.34. The summed E-state index contributed by atoms with van der Waals surface area (Å²) in [5, 5.41) is 0. The Morgan fingerprint density at radius 3 is 2.78 bits per heavy atom. The highest BCUT2D eigenvalue weighted by Crippen LogP contribution is 2.18. The standard InChI is InChI=1S/C5H8BNOS/c1-4(8)5-2-9-3-7(5)6/h5H,2-3H2,1H3/t5-/m0/s1. The molecule has 1 atom stereocenters. The Balaban J connectivity index is 2.49. The molecule has 1 heterocycles. The number of carbonyl (C=O) groups is 1. The largest absolute Gasteiger partial charge is 0.336 e. The second-order valence-corrected chi connectivity index (χ2v) is 3.14. The molecule has 0 aromatic rings. The topological polar surface area (TPSA) is 20.3 Å². The molecule has 0 unspecified atom stereocenters. The predicted molar refractivity (Wildman–Crippen MR) is 39.4 cm³/mol. The van der Waals surface area contributed by atoms with E-state index >= 15 is 0 Å². The summed E-state index contributed by atoms with van der Waals surface area (Å²) in [6, 6.07) is -0.0324. The molecular weight excluding hydrogens is 133 g/mol. The molecule has 0 bridgehead atoms. The van der Waals surface area contributed by atoms with Gasteiger partial charge in [0.05, 0.1) is 6.04 Å². The third-order valence-electron chi connectivity index (χ3n) is 1.39. The predicted octanol–water partition coefficient (Wildman–Crippen LogP) is 0.0338. The van der Waals surface area contributed by atoms with E-state index in [1.54, 1.807) is 23.5 Å². The zero-order valence-electron chi connectivity index (χ0n) is 5.33. The van der Waals surface area contributed by atoms with Gasteiger partial charge in [-0.1, -0.05) is 0 Å². The first-order chi connectivity index (χ1) is 4.22. The van der Waals surface area contributed by atoms with Crippen molar-refractivity contribution in [3.8, 4) is 0 Å². The molecule has 1 fully saturated rings. The van der Waals surface area contributed by atoms with Crippen LogP contribution in [0.4, 0.5) is 0 Å². The summed E-state index contributed by atoms with van der Waals surface area (Å²) in [4.78, 5) is 12.3. The average Bonchev–Trinajstić information content (AvgIpc) is 2.13. The van der Waals surface area contributed by atoms with E-state index in [4.69, 9.17) is 7.98 Å². The maximum absolute atomic E-state index is 10.7. The number of hydrogen-bond donors (Lipinski definition) is 0. The lowest BCUT2D eigenvalue weighted by atomic mass is 10.1. The van der Waals surface area contributed by atoms with Crippen LogP contribution in [0, 0.1) is 0 Å². The summed E-state index contributed by atoms with van der Waals surface area (Å²) < 4.78 is 0. The maximum atomic E-state index is 10.7. The smallest absolute Gasteiger partial charge is 0.184 e. The lowest BCUT2D eigenvalue weighted by Gasteiger charge is -2.14. The Bertz CT molecular complexity index is 130. The average molecular weight is 141 g/mol. The SMILES string of the molecule is [B]N1CSC[C@H]1C(C)=O. The van der Waals surface area contributed by atoms with Crippen molar-refractivity contribution in [1.29, 1.82) is 0 Å². The van der Waals surface area contributed by atoms with Crippen LogP contribution in [0.2, 0.25) is 0 Å². The van der Waals surface area contributed by atoms with Gasteiger partial charge in [-0.05, 0) is 6.92 Å². The van der Waals surface area contributed by atoms with Crippen LogP contribution in [0.25, 0.3) is 0 Å². The summed E-state index contributed by atoms with van der Waals surface area (Å²) >= 11 is 1.70. The van der Waals surface area contributed by atoms with Crippen molar-refractivity contribution in [2.45, 2.75) is 13.0 Å². The van der Waals surface area contributed by atoms with Gasteiger partial charge in [0.1, 0.15) is 5.78 Å². The third kappa shape index (κ3) is 1.49. The molecule has 0 aromatic heterocycles. The zero-order valence-corrected chi connectivity index (χ0v) is 6.15. The Labute approximate surface area is 60.4 Å². The molecule has 0 spiro atoms. The molecule has 9 heavy (non-hydrogen) atoms. The number of ketones is 1. The molecule has 0 N–H and O–H groups in total. The molecular formula is C5H8BNOS. The molecule has 1 saturated heterocycles. The summed E-state index contributed by atoms with van der Waals surface area (Å²) in [6.45, 7) is 1.58. The van der Waals surface area contributed by atoms with Gasteiger partial charge in [-0.25, -0.2) is 0 Å². The first kappa shape index (κ1) is 7.16. The third-order valence-corrected chi connectivity index (χ3v) is 2.42. The second kappa shape index (κ2) is 2.75. The van der Waals surface area contributed by atoms with Crippen LogP contribution in [-0.2, 0) is 4.79 Å². The molecule has 48 valence electrons. The van der Waals surface area contributed by atoms with Gasteiger partial charge in [0, 0.05) is 11.6 Å². The van der Waals surface area contributed by atoms with Gasteiger partial charge in [-0.15, -0.1) is 11.8 Å². The molecule has 4 heteroatoms. The van der Waals surface area contributed by atoms with Crippen molar-refractivity contribution in [3.05, 3.63) is 0 Å². The van der Waals surface area contributed by atoms with Gasteiger partial charge in [0.25, 0.3) is 0 Å². The number of rotatable bonds is 1. The Morgan fingerprint density at radius 2 is 2.56 bits per heavy atom. The number of Topliss-reactive ketones (excluding diaryl/α,β-unsaturated/α-hetero) is 1. The minimum atomic E-state index is -0.0324. The molecule has 0 aliphatic carbocycles. The summed E-state index contributed by atoms with van der Waals surface area (Å²) in [5.41, 5.74) is 0. The normalized spacial score (nSPS) is 28.8. The van der Waals surface area contributed by atoms with E-state index in [-0.39, 0.29) is 11.8 Å². The van der Waals surface area contributed by atoms with E-state index in [2.05, 4.69) is 0 Å². The van der Waals surface area contributed by atoms with Gasteiger partial charge < -0.3 is 4.81 Å². The molecule has 1 aliphatic heterocycles. The van der Waals surface area contributed by atoms with Crippen LogP contribution in [0.15, 0.2) is 0 Å². The quantitative estimate of drug-likeness (QED) is 0.480. The zero-order chi connectivity index (χ0) is 6.85. The van der Waals surface area contributed by atoms with Crippen LogP contribution in [0.1, 0.15) is 6.92 Å². The Hall–Kier alpha value is 0.0449. The fourth-order valence-electron chi connectivity index (χ4n) is 0.806. The van der Waals surface area contributed by atoms with E-state index < -0.39 is 0 Å². The van der Waals surface area contributed by atoms with E-state index in [0.29, 0.717) is 0 Å². The number of thioether (sulfide) groups is 1. The first-order valence-corrected chi connectivity index (χ1v) is 3.97. The van der Waals surface area contributed by atoms with Crippen molar-refractivity contribution < 1.29 is 4.79 Å². The van der Waals surface area contributed by atoms with E-state index in [0.717, 1.165) is 11.6 Å². The monoisotopic (exact) mass is 141 g/mol. The summed E-state index contributed by atoms with van der Waals surface area (Å²) in [7, 11) is 5.47. The van der Waals surface area contributed by atoms with Gasteiger partial charge in [-0.2, -0.15) is 0 Å². The molecule has 1 rings (SSSR count). The highest BCUT2D eigenvalue weighted by molar-refractivity contribution is 7.99. The van der Waals surface area contributed by atoms with Gasteiger partial charge >= 0.3 is 0 Å². The molecule has 2 nitrogen and oxygen atoms in total. The minimum absolute atomic E-state index is 0.0324. The van der Waals surface area contributed by atoms with Crippen LogP contribution >= 0.6 is 11.8 Å². The highest BCUT2D eigenvalue weighted by atomic mass is 32.2. The van der Waals surface area contributed by atoms with Gasteiger partial charge in [-0.3, -0.25) is 4.79 Å². The number of hydrogen-bond acceptors (Lipinski definition) is 3. The summed E-state index contributed by atoms with van der Waals surface area (Å²) in [6.07, 6.45) is 0. The van der Waals surface area contributed by atoms with Crippen molar-refractivity contribution >= 4 is 25.5 Å². The van der Waals surface area contributed by atoms with Crippen LogP contribution in [0.5, 0.6) is 0 Å². The lowest BCUT2D eigenvalue weighted by molar-refractivity contribution is -0.119. The minimum Gasteiger partial charge on any atom is -0.336 e. The number of carbonyl (C=O) groups excluding carboxylic acids is 1. The van der Waals surface area contributed by atoms with Crippen molar-refractivity contribution in [2.24, 2.45) is 0 Å². The maximum Gasteiger partial charge on any atom is 0.184 e. The fraction of sp³-hybridized carbons (Fsp3) is 0.800. The second-order valence-electron chi connectivity index (χ2n) is 2.14. The Morgan fingerprint density at radius 1 is 1.89 bits per heavy atom. The van der Waals surface area contributed by atoms with E-state index in [9.17, 15) is 4.79 Å². The molecule has 1 aliphatic rings. The molecule has 0 aromatic carbocycles. The van der Waals surface area contributed by atoms with Crippen molar-refractivity contribution in [2.75, 3.05) is 11.6 Å². The van der Waals surface area contributed by atoms with Crippen LogP contribution < -0.4 is 0 Å². The van der Waals surface area contributed by atoms with Gasteiger partial charge in [0.15, 0.2) is 7.98 Å². The van der Waals surface area contributed by atoms with Crippen LogP contribution in [-0.4, -0.2) is 36.2 Å². The number of nitrogens with zero attached hydrogens (tertiary/aromatic N) is 1. The Kier molecular flexibility index (Phi) is 2.19. The van der Waals surface area contributed by atoms with E-state index in [1.807, 2.05) is 0 Å². The summed E-state index contributed by atoms with van der Waals surface area (Å²) in [5.74, 6) is 1.80. The van der Waals surface area contributed by atoms with Crippen molar-refractivity contribution in [3.63, 3.8) is 0 Å². The highest BCUT2D eigenvalue weighted by Gasteiger charge is 2.23. The van der Waals surface area contributed by atoms with E-state index in [1.165, 1.54) is 0 Å². The van der Waals surface area contributed by atoms with Crippen molar-refractivity contribution in [1.82, 2.24) is 4.81 Å². The molecule has 2 radical (unpaired) electrons. The van der Waals surface area contributed by atoms with Gasteiger partial charge in [0.2, 0.25) is 0 Å². The molecule has 0 saturated carbocycles. The fourth-order valence-corrected chi connectivity index (χ4v) is 1.95. The first-order valence-electron chi connectivity index (χ1n) is 2.81. The molecule has 0 amide bonds. The van der Waals surface area contributed by atoms with Crippen LogP contribution in [0.3, 0.4) is 0 Å².